The molecule has 23 heavy (non-hydrogen) atoms. The summed E-state index contributed by atoms with van der Waals surface area (Å²) in [6.07, 6.45) is 0.774. The van der Waals surface area contributed by atoms with Crippen LogP contribution in [-0.4, -0.2) is 24.4 Å². The summed E-state index contributed by atoms with van der Waals surface area (Å²) in [6, 6.07) is 13.0. The zero-order valence-corrected chi connectivity index (χ0v) is 14.2. The van der Waals surface area contributed by atoms with Gasteiger partial charge in [0.2, 0.25) is 5.91 Å². The quantitative estimate of drug-likeness (QED) is 0.820. The van der Waals surface area contributed by atoms with Crippen molar-refractivity contribution in [3.05, 3.63) is 58.3 Å². The van der Waals surface area contributed by atoms with E-state index < -0.39 is 6.04 Å². The Labute approximate surface area is 140 Å². The summed E-state index contributed by atoms with van der Waals surface area (Å²) in [6.45, 7) is 4.41. The van der Waals surface area contributed by atoms with Crippen molar-refractivity contribution in [3.63, 3.8) is 0 Å². The average molecular weight is 330 g/mol. The van der Waals surface area contributed by atoms with Crippen LogP contribution >= 0.6 is 11.3 Å². The lowest BCUT2D eigenvalue weighted by atomic mass is 10.0. The van der Waals surface area contributed by atoms with Gasteiger partial charge in [0.05, 0.1) is 4.88 Å². The molecular weight excluding hydrogens is 308 g/mol. The van der Waals surface area contributed by atoms with Gasteiger partial charge in [0.25, 0.3) is 5.91 Å². The van der Waals surface area contributed by atoms with Gasteiger partial charge >= 0.3 is 0 Å². The van der Waals surface area contributed by atoms with E-state index in [1.807, 2.05) is 55.6 Å². The first-order valence-electron chi connectivity index (χ1n) is 7.74. The maximum atomic E-state index is 12.4. The summed E-state index contributed by atoms with van der Waals surface area (Å²) >= 11 is 1.37. The molecule has 1 atom stereocenters. The van der Waals surface area contributed by atoms with Gasteiger partial charge in [0, 0.05) is 6.54 Å². The maximum Gasteiger partial charge on any atom is 0.262 e. The Morgan fingerprint density at radius 2 is 1.83 bits per heavy atom. The third-order valence-corrected chi connectivity index (χ3v) is 4.41. The molecule has 1 heterocycles. The minimum Gasteiger partial charge on any atom is -0.354 e. The first-order chi connectivity index (χ1) is 11.1. The van der Waals surface area contributed by atoms with E-state index >= 15 is 0 Å². The zero-order valence-electron chi connectivity index (χ0n) is 13.4. The van der Waals surface area contributed by atoms with E-state index in [4.69, 9.17) is 0 Å². The van der Waals surface area contributed by atoms with Crippen LogP contribution in [0.25, 0.3) is 0 Å². The molecule has 122 valence electrons. The third-order valence-electron chi connectivity index (χ3n) is 3.54. The summed E-state index contributed by atoms with van der Waals surface area (Å²) in [7, 11) is 0. The minimum absolute atomic E-state index is 0.0237. The molecule has 0 saturated heterocycles. The molecule has 2 amide bonds. The Hall–Kier alpha value is -2.14. The van der Waals surface area contributed by atoms with E-state index in [-0.39, 0.29) is 17.7 Å². The predicted octanol–water partition coefficient (Wildman–Crippen LogP) is 2.86. The highest BCUT2D eigenvalue weighted by atomic mass is 32.1. The first-order valence-corrected chi connectivity index (χ1v) is 8.62. The summed E-state index contributed by atoms with van der Waals surface area (Å²) in [4.78, 5) is 25.1. The number of amides is 2. The van der Waals surface area contributed by atoms with Gasteiger partial charge in [-0.25, -0.2) is 0 Å². The fraction of sp³-hybridized carbons (Fsp3) is 0.333. The molecule has 5 heteroatoms. The SMILES string of the molecule is CC(C)C(NC(=O)c1cccs1)C(=O)NCCc1ccccc1. The molecule has 0 aliphatic rings. The Balaban J connectivity index is 1.87. The van der Waals surface area contributed by atoms with Crippen LogP contribution in [0.5, 0.6) is 0 Å². The van der Waals surface area contributed by atoms with Gasteiger partial charge in [0.15, 0.2) is 0 Å². The first kappa shape index (κ1) is 17.2. The van der Waals surface area contributed by atoms with Crippen LogP contribution in [0.4, 0.5) is 0 Å². The largest absolute Gasteiger partial charge is 0.354 e. The van der Waals surface area contributed by atoms with Crippen LogP contribution in [0.3, 0.4) is 0 Å². The number of rotatable bonds is 7. The Bertz CT molecular complexity index is 624. The highest BCUT2D eigenvalue weighted by Crippen LogP contribution is 2.10. The van der Waals surface area contributed by atoms with E-state index in [1.54, 1.807) is 6.07 Å². The number of hydrogen-bond acceptors (Lipinski definition) is 3. The maximum absolute atomic E-state index is 12.4. The molecule has 0 aliphatic carbocycles. The van der Waals surface area contributed by atoms with Crippen molar-refractivity contribution >= 4 is 23.2 Å². The molecule has 2 aromatic rings. The summed E-state index contributed by atoms with van der Waals surface area (Å²) in [5, 5.41) is 7.59. The van der Waals surface area contributed by atoms with Crippen molar-refractivity contribution in [2.45, 2.75) is 26.3 Å². The number of carbonyl (C=O) groups excluding carboxylic acids is 2. The Kier molecular flexibility index (Phi) is 6.35. The molecule has 4 nitrogen and oxygen atoms in total. The number of nitrogens with one attached hydrogen (secondary N) is 2. The third kappa shape index (κ3) is 5.21. The molecule has 0 fully saturated rings. The van der Waals surface area contributed by atoms with Gasteiger partial charge in [-0.05, 0) is 29.3 Å². The van der Waals surface area contributed by atoms with Crippen molar-refractivity contribution in [3.8, 4) is 0 Å². The monoisotopic (exact) mass is 330 g/mol. The lowest BCUT2D eigenvalue weighted by Crippen LogP contribution is -2.49. The molecule has 0 saturated carbocycles. The average Bonchev–Trinajstić information content (AvgIpc) is 3.07. The summed E-state index contributed by atoms with van der Waals surface area (Å²) < 4.78 is 0. The van der Waals surface area contributed by atoms with E-state index in [0.29, 0.717) is 11.4 Å². The van der Waals surface area contributed by atoms with Crippen molar-refractivity contribution in [1.82, 2.24) is 10.6 Å². The van der Waals surface area contributed by atoms with Gasteiger partial charge in [0.1, 0.15) is 6.04 Å². The lowest BCUT2D eigenvalue weighted by molar-refractivity contribution is -0.123. The van der Waals surface area contributed by atoms with Crippen molar-refractivity contribution in [2.75, 3.05) is 6.54 Å². The van der Waals surface area contributed by atoms with E-state index in [1.165, 1.54) is 16.9 Å². The minimum atomic E-state index is -0.527. The van der Waals surface area contributed by atoms with Gasteiger partial charge in [-0.2, -0.15) is 0 Å². The topological polar surface area (TPSA) is 58.2 Å². The van der Waals surface area contributed by atoms with Gasteiger partial charge in [-0.3, -0.25) is 9.59 Å². The highest BCUT2D eigenvalue weighted by molar-refractivity contribution is 7.12. The molecule has 1 aromatic heterocycles. The van der Waals surface area contributed by atoms with Crippen LogP contribution in [-0.2, 0) is 11.2 Å². The molecule has 2 N–H and O–H groups in total. The van der Waals surface area contributed by atoms with Crippen molar-refractivity contribution in [1.29, 1.82) is 0 Å². The van der Waals surface area contributed by atoms with Crippen LogP contribution in [0, 0.1) is 5.92 Å². The van der Waals surface area contributed by atoms with E-state index in [2.05, 4.69) is 10.6 Å². The van der Waals surface area contributed by atoms with Crippen molar-refractivity contribution < 1.29 is 9.59 Å². The zero-order chi connectivity index (χ0) is 16.7. The second kappa shape index (κ2) is 8.48. The number of benzene rings is 1. The van der Waals surface area contributed by atoms with Crippen LogP contribution < -0.4 is 10.6 Å². The molecule has 2 rings (SSSR count). The summed E-state index contributed by atoms with van der Waals surface area (Å²) in [5.74, 6) is -0.312. The number of carbonyl (C=O) groups is 2. The van der Waals surface area contributed by atoms with Gasteiger partial charge in [-0.15, -0.1) is 11.3 Å². The lowest BCUT2D eigenvalue weighted by Gasteiger charge is -2.21. The molecule has 0 radical (unpaired) electrons. The fourth-order valence-corrected chi connectivity index (χ4v) is 2.87. The second-order valence-electron chi connectivity index (χ2n) is 5.70. The molecule has 0 bridgehead atoms. The number of thiophene rings is 1. The number of hydrogen-bond donors (Lipinski definition) is 2. The smallest absolute Gasteiger partial charge is 0.262 e. The fourth-order valence-electron chi connectivity index (χ4n) is 2.24. The van der Waals surface area contributed by atoms with Crippen LogP contribution in [0.2, 0.25) is 0 Å². The normalized spacial score (nSPS) is 12.0. The standard InChI is InChI=1S/C18H22N2O2S/c1-13(2)16(20-17(21)15-9-6-12-23-15)18(22)19-11-10-14-7-4-3-5-8-14/h3-9,12-13,16H,10-11H2,1-2H3,(H,19,22)(H,20,21). The molecule has 1 unspecified atom stereocenters. The van der Waals surface area contributed by atoms with E-state index in [9.17, 15) is 9.59 Å². The summed E-state index contributed by atoms with van der Waals surface area (Å²) in [5.41, 5.74) is 1.18. The molecule has 0 spiro atoms. The van der Waals surface area contributed by atoms with Gasteiger partial charge in [-0.1, -0.05) is 50.2 Å². The van der Waals surface area contributed by atoms with Crippen molar-refractivity contribution in [2.24, 2.45) is 5.92 Å². The Morgan fingerprint density at radius 3 is 2.43 bits per heavy atom. The molecule has 0 aliphatic heterocycles. The molecular formula is C18H22N2O2S. The predicted molar refractivity (Wildman–Crippen MR) is 93.6 cm³/mol. The second-order valence-corrected chi connectivity index (χ2v) is 6.65. The van der Waals surface area contributed by atoms with Crippen LogP contribution in [0.1, 0.15) is 29.1 Å². The molecule has 1 aromatic carbocycles. The highest BCUT2D eigenvalue weighted by Gasteiger charge is 2.24. The van der Waals surface area contributed by atoms with E-state index in [0.717, 1.165) is 6.42 Å². The van der Waals surface area contributed by atoms with Crippen LogP contribution in [0.15, 0.2) is 47.8 Å². The van der Waals surface area contributed by atoms with Gasteiger partial charge < -0.3 is 10.6 Å². The Morgan fingerprint density at radius 1 is 1.09 bits per heavy atom.